The zero-order valence-corrected chi connectivity index (χ0v) is 17.9. The van der Waals surface area contributed by atoms with Crippen molar-refractivity contribution in [3.63, 3.8) is 0 Å². The summed E-state index contributed by atoms with van der Waals surface area (Å²) in [4.78, 5) is 43.1. The van der Waals surface area contributed by atoms with Crippen molar-refractivity contribution in [2.45, 2.75) is 32.7 Å². The van der Waals surface area contributed by atoms with Crippen LogP contribution in [0.3, 0.4) is 0 Å². The molecule has 2 fully saturated rings. The van der Waals surface area contributed by atoms with Crippen molar-refractivity contribution in [2.24, 2.45) is 5.92 Å². The number of hydrogen-bond acceptors (Lipinski definition) is 3. The van der Waals surface area contributed by atoms with E-state index >= 15 is 0 Å². The van der Waals surface area contributed by atoms with Gasteiger partial charge in [0.25, 0.3) is 5.91 Å². The average molecular weight is 426 g/mol. The largest absolute Gasteiger partial charge is 0.339 e. The molecule has 0 saturated carbocycles. The van der Waals surface area contributed by atoms with Gasteiger partial charge in [-0.2, -0.15) is 0 Å². The Labute approximate surface area is 175 Å². The van der Waals surface area contributed by atoms with Crippen LogP contribution in [0.5, 0.6) is 0 Å². The molecule has 8 heteroatoms. The molecule has 0 radical (unpaired) electrons. The smallest absolute Gasteiger partial charge is 0.255 e. The normalized spacial score (nSPS) is 20.7. The SMILES string of the molecule is CC(C)(C)N1CC(C(=O)N2CCN(C(=O)c3cc(Cl)ccc3Cl)CC2)CC1=O. The van der Waals surface area contributed by atoms with Crippen LogP contribution in [-0.4, -0.2) is 70.7 Å². The number of carbonyl (C=O) groups excluding carboxylic acids is 3. The summed E-state index contributed by atoms with van der Waals surface area (Å²) in [6.45, 7) is 8.13. The standard InChI is InChI=1S/C20H25Cl2N3O3/c1-20(2,3)25-12-13(10-17(25)26)18(27)23-6-8-24(9-7-23)19(28)15-11-14(21)4-5-16(15)22/h4-5,11,13H,6-10,12H2,1-3H3. The number of rotatable bonds is 2. The maximum Gasteiger partial charge on any atom is 0.255 e. The summed E-state index contributed by atoms with van der Waals surface area (Å²) >= 11 is 12.1. The maximum absolute atomic E-state index is 12.9. The summed E-state index contributed by atoms with van der Waals surface area (Å²) in [6.07, 6.45) is 0.257. The fraction of sp³-hybridized carbons (Fsp3) is 0.550. The molecule has 152 valence electrons. The minimum absolute atomic E-state index is 0.00649. The topological polar surface area (TPSA) is 60.9 Å². The van der Waals surface area contributed by atoms with Gasteiger partial charge in [0.2, 0.25) is 11.8 Å². The Bertz CT molecular complexity index is 798. The van der Waals surface area contributed by atoms with Gasteiger partial charge >= 0.3 is 0 Å². The van der Waals surface area contributed by atoms with Crippen LogP contribution in [0.25, 0.3) is 0 Å². The molecule has 0 N–H and O–H groups in total. The van der Waals surface area contributed by atoms with Gasteiger partial charge in [-0.3, -0.25) is 14.4 Å². The highest BCUT2D eigenvalue weighted by Crippen LogP contribution is 2.28. The van der Waals surface area contributed by atoms with E-state index in [2.05, 4.69) is 0 Å². The Morgan fingerprint density at radius 3 is 2.21 bits per heavy atom. The summed E-state index contributed by atoms with van der Waals surface area (Å²) in [5.74, 6) is -0.478. The Balaban J connectivity index is 1.60. The van der Waals surface area contributed by atoms with Crippen LogP contribution in [0.1, 0.15) is 37.6 Å². The summed E-state index contributed by atoms with van der Waals surface area (Å²) in [5.41, 5.74) is 0.0872. The molecule has 2 saturated heterocycles. The molecule has 2 aliphatic rings. The molecule has 28 heavy (non-hydrogen) atoms. The van der Waals surface area contributed by atoms with E-state index in [1.165, 1.54) is 0 Å². The van der Waals surface area contributed by atoms with E-state index in [0.29, 0.717) is 48.3 Å². The second-order valence-corrected chi connectivity index (χ2v) is 9.16. The van der Waals surface area contributed by atoms with Gasteiger partial charge in [0.15, 0.2) is 0 Å². The minimum Gasteiger partial charge on any atom is -0.339 e. The van der Waals surface area contributed by atoms with Gasteiger partial charge in [-0.05, 0) is 39.0 Å². The third-order valence-corrected chi connectivity index (χ3v) is 5.89. The van der Waals surface area contributed by atoms with Crippen LogP contribution in [0, 0.1) is 5.92 Å². The first-order chi connectivity index (χ1) is 13.1. The Morgan fingerprint density at radius 1 is 1.04 bits per heavy atom. The molecule has 0 aliphatic carbocycles. The van der Waals surface area contributed by atoms with Crippen LogP contribution in [-0.2, 0) is 9.59 Å². The Morgan fingerprint density at radius 2 is 1.64 bits per heavy atom. The summed E-state index contributed by atoms with van der Waals surface area (Å²) in [6, 6.07) is 4.81. The van der Waals surface area contributed by atoms with Crippen molar-refractivity contribution in [1.82, 2.24) is 14.7 Å². The molecule has 0 spiro atoms. The highest BCUT2D eigenvalue weighted by molar-refractivity contribution is 6.35. The van der Waals surface area contributed by atoms with Gasteiger partial charge in [-0.1, -0.05) is 23.2 Å². The van der Waals surface area contributed by atoms with Crippen LogP contribution >= 0.6 is 23.2 Å². The second kappa shape index (κ2) is 7.91. The van der Waals surface area contributed by atoms with Gasteiger partial charge in [0, 0.05) is 49.7 Å². The van der Waals surface area contributed by atoms with Gasteiger partial charge in [0.05, 0.1) is 16.5 Å². The van der Waals surface area contributed by atoms with Gasteiger partial charge in [0.1, 0.15) is 0 Å². The predicted molar refractivity (Wildman–Crippen MR) is 109 cm³/mol. The number of amides is 3. The third-order valence-electron chi connectivity index (χ3n) is 5.32. The predicted octanol–water partition coefficient (Wildman–Crippen LogP) is 2.92. The van der Waals surface area contributed by atoms with Crippen molar-refractivity contribution in [1.29, 1.82) is 0 Å². The van der Waals surface area contributed by atoms with Crippen molar-refractivity contribution >= 4 is 40.9 Å². The molecule has 1 atom stereocenters. The zero-order chi connectivity index (χ0) is 20.6. The molecule has 0 aromatic heterocycles. The van der Waals surface area contributed by atoms with Crippen LogP contribution in [0.4, 0.5) is 0 Å². The monoisotopic (exact) mass is 425 g/mol. The van der Waals surface area contributed by atoms with Crippen molar-refractivity contribution in [3.05, 3.63) is 33.8 Å². The van der Waals surface area contributed by atoms with Gasteiger partial charge in [-0.15, -0.1) is 0 Å². The van der Waals surface area contributed by atoms with E-state index in [1.807, 2.05) is 20.8 Å². The first-order valence-electron chi connectivity index (χ1n) is 9.41. The van der Waals surface area contributed by atoms with E-state index in [9.17, 15) is 14.4 Å². The summed E-state index contributed by atoms with van der Waals surface area (Å²) in [7, 11) is 0. The first kappa shape index (κ1) is 20.9. The molecule has 1 aromatic rings. The molecule has 3 amide bonds. The molecule has 0 bridgehead atoms. The van der Waals surface area contributed by atoms with E-state index < -0.39 is 0 Å². The summed E-state index contributed by atoms with van der Waals surface area (Å²) in [5, 5.41) is 0.815. The average Bonchev–Trinajstić information content (AvgIpc) is 3.05. The molecule has 2 aliphatic heterocycles. The third kappa shape index (κ3) is 4.28. The molecule has 3 rings (SSSR count). The highest BCUT2D eigenvalue weighted by Gasteiger charge is 2.41. The number of benzene rings is 1. The molecular formula is C20H25Cl2N3O3. The zero-order valence-electron chi connectivity index (χ0n) is 16.4. The van der Waals surface area contributed by atoms with Crippen LogP contribution in [0.2, 0.25) is 10.0 Å². The second-order valence-electron chi connectivity index (χ2n) is 8.32. The molecular weight excluding hydrogens is 401 g/mol. The lowest BCUT2D eigenvalue weighted by molar-refractivity contribution is -0.137. The Hall–Kier alpha value is -1.79. The number of likely N-dealkylation sites (tertiary alicyclic amines) is 1. The van der Waals surface area contributed by atoms with Crippen LogP contribution in [0.15, 0.2) is 18.2 Å². The molecule has 2 heterocycles. The van der Waals surface area contributed by atoms with E-state index in [0.717, 1.165) is 0 Å². The summed E-state index contributed by atoms with van der Waals surface area (Å²) < 4.78 is 0. The van der Waals surface area contributed by atoms with Crippen molar-refractivity contribution < 1.29 is 14.4 Å². The number of piperazine rings is 1. The van der Waals surface area contributed by atoms with Crippen LogP contribution < -0.4 is 0 Å². The number of carbonyl (C=O) groups is 3. The first-order valence-corrected chi connectivity index (χ1v) is 10.2. The lowest BCUT2D eigenvalue weighted by Gasteiger charge is -2.36. The minimum atomic E-state index is -0.309. The highest BCUT2D eigenvalue weighted by atomic mass is 35.5. The van der Waals surface area contributed by atoms with E-state index in [1.54, 1.807) is 32.9 Å². The number of halogens is 2. The van der Waals surface area contributed by atoms with Gasteiger partial charge in [-0.25, -0.2) is 0 Å². The number of hydrogen-bond donors (Lipinski definition) is 0. The molecule has 1 aromatic carbocycles. The van der Waals surface area contributed by atoms with E-state index in [4.69, 9.17) is 23.2 Å². The fourth-order valence-corrected chi connectivity index (χ4v) is 4.11. The Kier molecular flexibility index (Phi) is 5.92. The van der Waals surface area contributed by atoms with Gasteiger partial charge < -0.3 is 14.7 Å². The molecule has 1 unspecified atom stereocenters. The molecule has 6 nitrogen and oxygen atoms in total. The fourth-order valence-electron chi connectivity index (χ4n) is 3.74. The quantitative estimate of drug-likeness (QED) is 0.731. The number of nitrogens with zero attached hydrogens (tertiary/aromatic N) is 3. The van der Waals surface area contributed by atoms with Crippen molar-refractivity contribution in [3.8, 4) is 0 Å². The van der Waals surface area contributed by atoms with E-state index in [-0.39, 0.29) is 35.6 Å². The van der Waals surface area contributed by atoms with Crippen molar-refractivity contribution in [2.75, 3.05) is 32.7 Å². The lowest BCUT2D eigenvalue weighted by atomic mass is 10.1. The lowest BCUT2D eigenvalue weighted by Crippen LogP contribution is -2.52. The maximum atomic E-state index is 12.9.